The second-order valence-electron chi connectivity index (χ2n) is 5.91. The van der Waals surface area contributed by atoms with E-state index in [2.05, 4.69) is 34.7 Å². The maximum absolute atomic E-state index is 4.23. The predicted molar refractivity (Wildman–Crippen MR) is 84.5 cm³/mol. The van der Waals surface area contributed by atoms with Gasteiger partial charge in [-0.15, -0.1) is 5.10 Å². The largest absolute Gasteiger partial charge is 0.314 e. The average Bonchev–Trinajstić information content (AvgIpc) is 3.26. The average molecular weight is 284 g/mol. The van der Waals surface area contributed by atoms with Gasteiger partial charge >= 0.3 is 0 Å². The number of hydrogen-bond donors (Lipinski definition) is 1. The Balaban J connectivity index is 1.64. The van der Waals surface area contributed by atoms with E-state index in [9.17, 15) is 0 Å². The molecule has 1 aromatic carbocycles. The molecule has 0 spiro atoms. The third kappa shape index (κ3) is 3.70. The molecule has 1 aromatic heterocycles. The van der Waals surface area contributed by atoms with Gasteiger partial charge in [-0.2, -0.15) is 0 Å². The van der Waals surface area contributed by atoms with Crippen LogP contribution in [-0.2, 0) is 6.42 Å². The lowest BCUT2D eigenvalue weighted by molar-refractivity contribution is 0.432. The van der Waals surface area contributed by atoms with Crippen LogP contribution < -0.4 is 5.32 Å². The maximum atomic E-state index is 4.23. The highest BCUT2D eigenvalue weighted by molar-refractivity contribution is 5.31. The second kappa shape index (κ2) is 6.85. The summed E-state index contributed by atoms with van der Waals surface area (Å²) < 4.78 is 1.96. The van der Waals surface area contributed by atoms with Gasteiger partial charge < -0.3 is 5.32 Å². The van der Waals surface area contributed by atoms with Gasteiger partial charge in [0.1, 0.15) is 0 Å². The minimum atomic E-state index is 0.657. The van der Waals surface area contributed by atoms with Crippen molar-refractivity contribution in [2.75, 3.05) is 6.54 Å². The number of nitrogens with one attached hydrogen (secondary N) is 1. The Labute approximate surface area is 126 Å². The molecule has 1 saturated carbocycles. The second-order valence-corrected chi connectivity index (χ2v) is 5.91. The van der Waals surface area contributed by atoms with E-state index in [0.717, 1.165) is 24.6 Å². The minimum absolute atomic E-state index is 0.657. The first-order valence-corrected chi connectivity index (χ1v) is 8.07. The summed E-state index contributed by atoms with van der Waals surface area (Å²) in [6.45, 7) is 3.35. The quantitative estimate of drug-likeness (QED) is 0.810. The summed E-state index contributed by atoms with van der Waals surface area (Å²) in [5, 5.41) is 12.0. The molecule has 1 unspecified atom stereocenters. The molecule has 3 rings (SSSR count). The summed E-state index contributed by atoms with van der Waals surface area (Å²) in [4.78, 5) is 0. The van der Waals surface area contributed by atoms with E-state index in [-0.39, 0.29) is 0 Å². The molecular formula is C17H24N4. The van der Waals surface area contributed by atoms with Crippen LogP contribution in [0.2, 0.25) is 0 Å². The minimum Gasteiger partial charge on any atom is -0.314 e. The highest BCUT2D eigenvalue weighted by atomic mass is 15.4. The number of hydrogen-bond acceptors (Lipinski definition) is 3. The first kappa shape index (κ1) is 14.3. The molecule has 112 valence electrons. The van der Waals surface area contributed by atoms with E-state index < -0.39 is 0 Å². The van der Waals surface area contributed by atoms with Gasteiger partial charge in [0.05, 0.1) is 17.6 Å². The van der Waals surface area contributed by atoms with Crippen molar-refractivity contribution >= 4 is 0 Å². The van der Waals surface area contributed by atoms with Crippen molar-refractivity contribution in [1.82, 2.24) is 20.3 Å². The predicted octanol–water partition coefficient (Wildman–Crippen LogP) is 2.98. The van der Waals surface area contributed by atoms with Crippen molar-refractivity contribution in [2.24, 2.45) is 5.92 Å². The Bertz CT molecular complexity index is 545. The van der Waals surface area contributed by atoms with Crippen molar-refractivity contribution in [3.8, 4) is 5.69 Å². The van der Waals surface area contributed by atoms with Crippen LogP contribution in [0.1, 0.15) is 38.3 Å². The van der Waals surface area contributed by atoms with Crippen molar-refractivity contribution in [2.45, 2.75) is 45.1 Å². The normalized spacial score (nSPS) is 16.0. The fraction of sp³-hybridized carbons (Fsp3) is 0.529. The van der Waals surface area contributed by atoms with E-state index in [0.29, 0.717) is 6.04 Å². The van der Waals surface area contributed by atoms with Gasteiger partial charge in [0.25, 0.3) is 0 Å². The summed E-state index contributed by atoms with van der Waals surface area (Å²) in [5.41, 5.74) is 2.29. The zero-order chi connectivity index (χ0) is 14.5. The van der Waals surface area contributed by atoms with Gasteiger partial charge in [-0.1, -0.05) is 30.3 Å². The molecule has 0 radical (unpaired) electrons. The van der Waals surface area contributed by atoms with E-state index in [1.54, 1.807) is 0 Å². The topological polar surface area (TPSA) is 42.7 Å². The van der Waals surface area contributed by atoms with Gasteiger partial charge in [0.2, 0.25) is 0 Å². The van der Waals surface area contributed by atoms with Crippen LogP contribution in [0, 0.1) is 5.92 Å². The van der Waals surface area contributed by atoms with Crippen molar-refractivity contribution < 1.29 is 0 Å². The van der Waals surface area contributed by atoms with E-state index >= 15 is 0 Å². The van der Waals surface area contributed by atoms with E-state index in [1.165, 1.54) is 31.4 Å². The molecule has 4 nitrogen and oxygen atoms in total. The van der Waals surface area contributed by atoms with E-state index in [4.69, 9.17) is 0 Å². The number of benzene rings is 1. The van der Waals surface area contributed by atoms with Crippen LogP contribution >= 0.6 is 0 Å². The Morgan fingerprint density at radius 3 is 2.81 bits per heavy atom. The number of rotatable bonds is 8. The molecule has 4 heteroatoms. The van der Waals surface area contributed by atoms with E-state index in [1.807, 2.05) is 29.1 Å². The van der Waals surface area contributed by atoms with Gasteiger partial charge in [-0.05, 0) is 56.7 Å². The van der Waals surface area contributed by atoms with Gasteiger partial charge in [0, 0.05) is 6.04 Å². The fourth-order valence-corrected chi connectivity index (χ4v) is 2.85. The molecule has 0 aliphatic heterocycles. The Kier molecular flexibility index (Phi) is 4.65. The maximum Gasteiger partial charge on any atom is 0.0729 e. The number of nitrogens with zero attached hydrogens (tertiary/aromatic N) is 3. The van der Waals surface area contributed by atoms with Crippen molar-refractivity contribution in [3.63, 3.8) is 0 Å². The molecule has 0 amide bonds. The molecule has 0 bridgehead atoms. The molecule has 1 atom stereocenters. The summed E-state index contributed by atoms with van der Waals surface area (Å²) in [6, 6.07) is 10.9. The van der Waals surface area contributed by atoms with Crippen LogP contribution in [0.5, 0.6) is 0 Å². The Morgan fingerprint density at radius 1 is 1.29 bits per heavy atom. The number of para-hydroxylation sites is 1. The number of aromatic nitrogens is 3. The molecule has 1 aliphatic carbocycles. The first-order chi connectivity index (χ1) is 10.4. The third-order valence-electron chi connectivity index (χ3n) is 4.18. The molecule has 1 heterocycles. The lowest BCUT2D eigenvalue weighted by Gasteiger charge is -2.18. The third-order valence-corrected chi connectivity index (χ3v) is 4.18. The molecular weight excluding hydrogens is 260 g/mol. The summed E-state index contributed by atoms with van der Waals surface area (Å²) in [5.74, 6) is 0.887. The fourth-order valence-electron chi connectivity index (χ4n) is 2.85. The van der Waals surface area contributed by atoms with Crippen molar-refractivity contribution in [3.05, 3.63) is 42.2 Å². The SMILES string of the molecule is CCCNC(CCc1cnnn1-c1ccccc1)C1CC1. The lowest BCUT2D eigenvalue weighted by Crippen LogP contribution is -2.32. The molecule has 1 fully saturated rings. The molecule has 2 aromatic rings. The van der Waals surface area contributed by atoms with Crippen LogP contribution in [0.15, 0.2) is 36.5 Å². The zero-order valence-electron chi connectivity index (χ0n) is 12.7. The Morgan fingerprint density at radius 2 is 2.10 bits per heavy atom. The van der Waals surface area contributed by atoms with Crippen LogP contribution in [0.4, 0.5) is 0 Å². The monoisotopic (exact) mass is 284 g/mol. The zero-order valence-corrected chi connectivity index (χ0v) is 12.7. The van der Waals surface area contributed by atoms with Crippen LogP contribution in [-0.4, -0.2) is 27.6 Å². The summed E-state index contributed by atoms with van der Waals surface area (Å²) in [6.07, 6.45) is 8.07. The summed E-state index contributed by atoms with van der Waals surface area (Å²) in [7, 11) is 0. The molecule has 1 aliphatic rings. The highest BCUT2D eigenvalue weighted by Crippen LogP contribution is 2.34. The van der Waals surface area contributed by atoms with Crippen LogP contribution in [0.25, 0.3) is 5.69 Å². The van der Waals surface area contributed by atoms with Gasteiger partial charge in [-0.25, -0.2) is 4.68 Å². The first-order valence-electron chi connectivity index (χ1n) is 8.07. The van der Waals surface area contributed by atoms with Gasteiger partial charge in [-0.3, -0.25) is 0 Å². The molecule has 0 saturated heterocycles. The van der Waals surface area contributed by atoms with Gasteiger partial charge in [0.15, 0.2) is 0 Å². The molecule has 21 heavy (non-hydrogen) atoms. The lowest BCUT2D eigenvalue weighted by atomic mass is 10.0. The Hall–Kier alpha value is -1.68. The van der Waals surface area contributed by atoms with Crippen molar-refractivity contribution in [1.29, 1.82) is 0 Å². The standard InChI is InChI=1S/C17H24N4/c1-2-12-18-17(14-8-9-14)11-10-16-13-19-20-21(16)15-6-4-3-5-7-15/h3-7,13-14,17-18H,2,8-12H2,1H3. The number of aryl methyl sites for hydroxylation is 1. The van der Waals surface area contributed by atoms with Crippen LogP contribution in [0.3, 0.4) is 0 Å². The highest BCUT2D eigenvalue weighted by Gasteiger charge is 2.30. The molecule has 1 N–H and O–H groups in total. The smallest absolute Gasteiger partial charge is 0.0729 e. The summed E-state index contributed by atoms with van der Waals surface area (Å²) >= 11 is 0.